The van der Waals surface area contributed by atoms with E-state index in [-0.39, 0.29) is 25.5 Å². The second kappa shape index (κ2) is 10.2. The van der Waals surface area contributed by atoms with Gasteiger partial charge < -0.3 is 19.7 Å². The molecule has 1 fully saturated rings. The molecule has 0 saturated carbocycles. The summed E-state index contributed by atoms with van der Waals surface area (Å²) >= 11 is 0. The van der Waals surface area contributed by atoms with Crippen molar-refractivity contribution in [1.29, 1.82) is 0 Å². The first kappa shape index (κ1) is 23.0. The molecule has 0 bridgehead atoms. The standard InChI is InChI=1S/C26H24N2O6/c1-2-33-25(31)18-10-12-20(13-11-18)28-15-19(14-24(28)30)26(32)34-16-23(29)27-22-9-5-7-17-6-3-4-8-21(17)22/h3-13,19H,2,14-16H2,1H3,(H,27,29)/t19-/m0/s1. The molecule has 4 rings (SSSR count). The van der Waals surface area contributed by atoms with Gasteiger partial charge in [0.1, 0.15) is 0 Å². The molecule has 0 aliphatic carbocycles. The summed E-state index contributed by atoms with van der Waals surface area (Å²) < 4.78 is 10.1. The number of carbonyl (C=O) groups is 4. The van der Waals surface area contributed by atoms with E-state index in [4.69, 9.17) is 9.47 Å². The van der Waals surface area contributed by atoms with Gasteiger partial charge in [0.15, 0.2) is 6.61 Å². The van der Waals surface area contributed by atoms with Crippen molar-refractivity contribution in [2.45, 2.75) is 13.3 Å². The van der Waals surface area contributed by atoms with Crippen molar-refractivity contribution in [2.24, 2.45) is 5.92 Å². The van der Waals surface area contributed by atoms with Gasteiger partial charge in [-0.1, -0.05) is 36.4 Å². The fraction of sp³-hybridized carbons (Fsp3) is 0.231. The highest BCUT2D eigenvalue weighted by atomic mass is 16.5. The van der Waals surface area contributed by atoms with Crippen LogP contribution in [0.1, 0.15) is 23.7 Å². The average Bonchev–Trinajstić information content (AvgIpc) is 3.24. The molecule has 1 aliphatic heterocycles. The van der Waals surface area contributed by atoms with Crippen molar-refractivity contribution >= 4 is 45.9 Å². The van der Waals surface area contributed by atoms with Crippen molar-refractivity contribution < 1.29 is 28.7 Å². The van der Waals surface area contributed by atoms with Crippen molar-refractivity contribution in [3.05, 3.63) is 72.3 Å². The molecule has 1 aliphatic rings. The van der Waals surface area contributed by atoms with Crippen LogP contribution in [-0.2, 0) is 23.9 Å². The molecule has 174 valence electrons. The van der Waals surface area contributed by atoms with E-state index in [0.29, 0.717) is 16.9 Å². The number of hydrogen-bond acceptors (Lipinski definition) is 6. The number of rotatable bonds is 7. The van der Waals surface area contributed by atoms with Gasteiger partial charge in [0.25, 0.3) is 5.91 Å². The lowest BCUT2D eigenvalue weighted by atomic mass is 10.1. The van der Waals surface area contributed by atoms with Gasteiger partial charge in [-0.15, -0.1) is 0 Å². The van der Waals surface area contributed by atoms with Crippen LogP contribution < -0.4 is 10.2 Å². The molecule has 34 heavy (non-hydrogen) atoms. The monoisotopic (exact) mass is 460 g/mol. The van der Waals surface area contributed by atoms with Gasteiger partial charge >= 0.3 is 11.9 Å². The maximum Gasteiger partial charge on any atom is 0.338 e. The molecular weight excluding hydrogens is 436 g/mol. The Balaban J connectivity index is 1.32. The van der Waals surface area contributed by atoms with E-state index in [1.165, 1.54) is 4.90 Å². The molecule has 0 unspecified atom stereocenters. The minimum atomic E-state index is -0.678. The van der Waals surface area contributed by atoms with Gasteiger partial charge in [0.05, 0.1) is 18.1 Å². The third-order valence-corrected chi connectivity index (χ3v) is 5.56. The summed E-state index contributed by atoms with van der Waals surface area (Å²) in [5.74, 6) is -2.41. The molecule has 3 aromatic rings. The SMILES string of the molecule is CCOC(=O)c1ccc(N2C[C@@H](C(=O)OCC(=O)Nc3cccc4ccccc34)CC2=O)cc1. The largest absolute Gasteiger partial charge is 0.462 e. The van der Waals surface area contributed by atoms with Gasteiger partial charge in [0.2, 0.25) is 5.91 Å². The predicted octanol–water partition coefficient (Wildman–Crippen LogP) is 3.55. The third-order valence-electron chi connectivity index (χ3n) is 5.56. The van der Waals surface area contributed by atoms with Gasteiger partial charge in [-0.2, -0.15) is 0 Å². The van der Waals surface area contributed by atoms with E-state index >= 15 is 0 Å². The molecule has 0 aromatic heterocycles. The fourth-order valence-electron chi connectivity index (χ4n) is 3.88. The quantitative estimate of drug-likeness (QED) is 0.541. The molecule has 0 radical (unpaired) electrons. The number of hydrogen-bond donors (Lipinski definition) is 1. The highest BCUT2D eigenvalue weighted by Crippen LogP contribution is 2.27. The summed E-state index contributed by atoms with van der Waals surface area (Å²) in [6.07, 6.45) is -0.0105. The number of esters is 2. The van der Waals surface area contributed by atoms with E-state index in [9.17, 15) is 19.2 Å². The van der Waals surface area contributed by atoms with Crippen LogP contribution in [0.4, 0.5) is 11.4 Å². The van der Waals surface area contributed by atoms with Crippen molar-refractivity contribution in [1.82, 2.24) is 0 Å². The van der Waals surface area contributed by atoms with Crippen molar-refractivity contribution in [3.63, 3.8) is 0 Å². The van der Waals surface area contributed by atoms with Gasteiger partial charge in [-0.25, -0.2) is 4.79 Å². The third kappa shape index (κ3) is 5.06. The molecular formula is C26H24N2O6. The van der Waals surface area contributed by atoms with Crippen LogP contribution in [-0.4, -0.2) is 43.5 Å². The lowest BCUT2D eigenvalue weighted by molar-refractivity contribution is -0.151. The molecule has 1 atom stereocenters. The summed E-state index contributed by atoms with van der Waals surface area (Å²) in [7, 11) is 0. The van der Waals surface area contributed by atoms with E-state index < -0.39 is 30.4 Å². The second-order valence-electron chi connectivity index (χ2n) is 7.86. The van der Waals surface area contributed by atoms with E-state index in [1.54, 1.807) is 37.3 Å². The molecule has 8 heteroatoms. The van der Waals surface area contributed by atoms with E-state index in [1.807, 2.05) is 36.4 Å². The van der Waals surface area contributed by atoms with E-state index in [0.717, 1.165) is 10.8 Å². The maximum absolute atomic E-state index is 12.5. The minimum absolute atomic E-state index is 0.0105. The first-order valence-corrected chi connectivity index (χ1v) is 11.0. The first-order valence-electron chi connectivity index (χ1n) is 11.0. The van der Waals surface area contributed by atoms with E-state index in [2.05, 4.69) is 5.32 Å². The first-order chi connectivity index (χ1) is 16.5. The molecule has 1 heterocycles. The van der Waals surface area contributed by atoms with Crippen LogP contribution in [0.5, 0.6) is 0 Å². The summed E-state index contributed by atoms with van der Waals surface area (Å²) in [6.45, 7) is 1.69. The lowest BCUT2D eigenvalue weighted by Gasteiger charge is -2.17. The van der Waals surface area contributed by atoms with Crippen LogP contribution in [0.25, 0.3) is 10.8 Å². The predicted molar refractivity (Wildman–Crippen MR) is 126 cm³/mol. The molecule has 8 nitrogen and oxygen atoms in total. The molecule has 2 amide bonds. The number of fused-ring (bicyclic) bond motifs is 1. The van der Waals surface area contributed by atoms with Crippen molar-refractivity contribution in [3.8, 4) is 0 Å². The smallest absolute Gasteiger partial charge is 0.338 e. The Morgan fingerprint density at radius 2 is 1.71 bits per heavy atom. The summed E-state index contributed by atoms with van der Waals surface area (Å²) in [5.41, 5.74) is 1.58. The highest BCUT2D eigenvalue weighted by Gasteiger charge is 2.36. The van der Waals surface area contributed by atoms with Gasteiger partial charge in [0, 0.05) is 29.7 Å². The topological polar surface area (TPSA) is 102 Å². The number of nitrogens with one attached hydrogen (secondary N) is 1. The van der Waals surface area contributed by atoms with Gasteiger partial charge in [-0.05, 0) is 42.6 Å². The average molecular weight is 460 g/mol. The second-order valence-corrected chi connectivity index (χ2v) is 7.86. The van der Waals surface area contributed by atoms with Gasteiger partial charge in [-0.3, -0.25) is 14.4 Å². The Hall–Kier alpha value is -4.20. The zero-order valence-corrected chi connectivity index (χ0v) is 18.7. The Bertz CT molecular complexity index is 1230. The summed E-state index contributed by atoms with van der Waals surface area (Å²) in [5, 5.41) is 4.63. The number of amides is 2. The van der Waals surface area contributed by atoms with Crippen LogP contribution in [0.2, 0.25) is 0 Å². The molecule has 1 N–H and O–H groups in total. The normalized spacial score (nSPS) is 15.3. The fourth-order valence-corrected chi connectivity index (χ4v) is 3.88. The molecule has 3 aromatic carbocycles. The number of ether oxygens (including phenoxy) is 2. The zero-order chi connectivity index (χ0) is 24.1. The lowest BCUT2D eigenvalue weighted by Crippen LogP contribution is -2.28. The van der Waals surface area contributed by atoms with Crippen molar-refractivity contribution in [2.75, 3.05) is 30.0 Å². The van der Waals surface area contributed by atoms with Crippen LogP contribution in [0.3, 0.4) is 0 Å². The Labute approximate surface area is 196 Å². The minimum Gasteiger partial charge on any atom is -0.462 e. The van der Waals surface area contributed by atoms with Crippen LogP contribution in [0, 0.1) is 5.92 Å². The Kier molecular flexibility index (Phi) is 6.87. The maximum atomic E-state index is 12.5. The number of anilines is 2. The Morgan fingerprint density at radius 1 is 0.971 bits per heavy atom. The van der Waals surface area contributed by atoms with Crippen LogP contribution >= 0.6 is 0 Å². The summed E-state index contributed by atoms with van der Waals surface area (Å²) in [4.78, 5) is 50.6. The number of carbonyl (C=O) groups excluding carboxylic acids is 4. The number of nitrogens with zero attached hydrogens (tertiary/aromatic N) is 1. The van der Waals surface area contributed by atoms with Crippen LogP contribution in [0.15, 0.2) is 66.7 Å². The number of benzene rings is 3. The molecule has 0 spiro atoms. The Morgan fingerprint density at radius 3 is 2.47 bits per heavy atom. The highest BCUT2D eigenvalue weighted by molar-refractivity contribution is 6.03. The zero-order valence-electron chi connectivity index (χ0n) is 18.7. The molecule has 1 saturated heterocycles. The summed E-state index contributed by atoms with van der Waals surface area (Å²) in [6, 6.07) is 19.6.